The van der Waals surface area contributed by atoms with E-state index in [4.69, 9.17) is 21.6 Å². The van der Waals surface area contributed by atoms with E-state index in [0.717, 1.165) is 22.4 Å². The van der Waals surface area contributed by atoms with Crippen LogP contribution >= 0.6 is 27.5 Å². The normalized spacial score (nSPS) is 10.3. The maximum atomic E-state index is 9.07. The average molecular weight is 355 g/mol. The quantitative estimate of drug-likeness (QED) is 0.831. The first kappa shape index (κ1) is 14.9. The van der Waals surface area contributed by atoms with Gasteiger partial charge in [-0.3, -0.25) is 4.68 Å². The number of aromatic nitrogens is 2. The van der Waals surface area contributed by atoms with E-state index in [9.17, 15) is 0 Å². The van der Waals surface area contributed by atoms with Crippen molar-refractivity contribution < 1.29 is 4.74 Å². The van der Waals surface area contributed by atoms with E-state index >= 15 is 0 Å². The number of rotatable bonds is 4. The summed E-state index contributed by atoms with van der Waals surface area (Å²) in [6.45, 7) is 5.03. The van der Waals surface area contributed by atoms with Crippen LogP contribution in [0, 0.1) is 18.3 Å². The van der Waals surface area contributed by atoms with E-state index in [1.165, 1.54) is 0 Å². The van der Waals surface area contributed by atoms with Crippen molar-refractivity contribution in [1.82, 2.24) is 9.78 Å². The van der Waals surface area contributed by atoms with Crippen molar-refractivity contribution in [2.24, 2.45) is 0 Å². The van der Waals surface area contributed by atoms with E-state index in [1.54, 1.807) is 18.2 Å². The molecule has 1 heterocycles. The average Bonchev–Trinajstić information content (AvgIpc) is 2.72. The summed E-state index contributed by atoms with van der Waals surface area (Å²) in [4.78, 5) is 0. The van der Waals surface area contributed by atoms with Crippen LogP contribution in [-0.4, -0.2) is 9.78 Å². The Labute approximate surface area is 131 Å². The first-order valence-electron chi connectivity index (χ1n) is 6.11. The molecule has 2 rings (SSSR count). The van der Waals surface area contributed by atoms with E-state index in [2.05, 4.69) is 27.1 Å². The Morgan fingerprint density at radius 3 is 2.90 bits per heavy atom. The molecule has 2 aromatic rings. The molecule has 0 aliphatic heterocycles. The summed E-state index contributed by atoms with van der Waals surface area (Å²) in [5.74, 6) is 0.480. The fourth-order valence-electron chi connectivity index (χ4n) is 1.86. The highest BCUT2D eigenvalue weighted by Crippen LogP contribution is 2.26. The smallest absolute Gasteiger partial charge is 0.139 e. The molecule has 4 nitrogen and oxygen atoms in total. The lowest BCUT2D eigenvalue weighted by Gasteiger charge is -2.10. The molecule has 0 fully saturated rings. The number of nitriles is 1. The standard InChI is InChI=1S/C14H13BrClN3O/c1-3-19-12(14(15)9(2)18-19)8-20-13-6-11(16)5-4-10(13)7-17/h4-6H,3,8H2,1-2H3. The zero-order valence-corrected chi connectivity index (χ0v) is 13.5. The van der Waals surface area contributed by atoms with E-state index in [1.807, 2.05) is 18.5 Å². The molecule has 0 unspecified atom stereocenters. The Kier molecular flexibility index (Phi) is 4.69. The predicted molar refractivity (Wildman–Crippen MR) is 80.8 cm³/mol. The van der Waals surface area contributed by atoms with Gasteiger partial charge in [-0.05, 0) is 41.9 Å². The van der Waals surface area contributed by atoms with Gasteiger partial charge in [-0.1, -0.05) is 11.6 Å². The molecule has 0 saturated heterocycles. The molecule has 6 heteroatoms. The second kappa shape index (κ2) is 6.29. The summed E-state index contributed by atoms with van der Waals surface area (Å²) in [5, 5.41) is 14.0. The SMILES string of the molecule is CCn1nc(C)c(Br)c1COc1cc(Cl)ccc1C#N. The van der Waals surface area contributed by atoms with Crippen LogP contribution in [0.5, 0.6) is 5.75 Å². The predicted octanol–water partition coefficient (Wildman–Crippen LogP) is 4.08. The Bertz CT molecular complexity index is 676. The highest BCUT2D eigenvalue weighted by atomic mass is 79.9. The monoisotopic (exact) mass is 353 g/mol. The molecule has 0 saturated carbocycles. The number of hydrogen-bond donors (Lipinski definition) is 0. The van der Waals surface area contributed by atoms with E-state index in [-0.39, 0.29) is 0 Å². The minimum absolute atomic E-state index is 0.324. The summed E-state index contributed by atoms with van der Waals surface area (Å²) in [6, 6.07) is 7.05. The molecule has 0 atom stereocenters. The highest BCUT2D eigenvalue weighted by Gasteiger charge is 2.13. The number of ether oxygens (including phenoxy) is 1. The fourth-order valence-corrected chi connectivity index (χ4v) is 2.42. The lowest BCUT2D eigenvalue weighted by atomic mass is 10.2. The molecule has 0 N–H and O–H groups in total. The zero-order chi connectivity index (χ0) is 14.7. The second-order valence-electron chi connectivity index (χ2n) is 4.20. The van der Waals surface area contributed by atoms with Crippen LogP contribution in [0.1, 0.15) is 23.9 Å². The molecule has 1 aromatic heterocycles. The maximum absolute atomic E-state index is 9.07. The highest BCUT2D eigenvalue weighted by molar-refractivity contribution is 9.10. The third kappa shape index (κ3) is 2.97. The van der Waals surface area contributed by atoms with Gasteiger partial charge in [0.25, 0.3) is 0 Å². The van der Waals surface area contributed by atoms with Gasteiger partial charge in [-0.25, -0.2) is 0 Å². The van der Waals surface area contributed by atoms with Gasteiger partial charge in [0.05, 0.1) is 21.4 Å². The number of halogens is 2. The first-order valence-corrected chi connectivity index (χ1v) is 7.28. The summed E-state index contributed by atoms with van der Waals surface area (Å²) in [7, 11) is 0. The van der Waals surface area contributed by atoms with Crippen LogP contribution in [-0.2, 0) is 13.2 Å². The Balaban J connectivity index is 2.25. The maximum Gasteiger partial charge on any atom is 0.139 e. The molecule has 104 valence electrons. The fraction of sp³-hybridized carbons (Fsp3) is 0.286. The van der Waals surface area contributed by atoms with Crippen molar-refractivity contribution >= 4 is 27.5 Å². The van der Waals surface area contributed by atoms with Gasteiger partial charge in [-0.2, -0.15) is 10.4 Å². The number of benzene rings is 1. The van der Waals surface area contributed by atoms with Gasteiger partial charge in [0.1, 0.15) is 18.4 Å². The van der Waals surface area contributed by atoms with Crippen molar-refractivity contribution in [2.45, 2.75) is 27.0 Å². The van der Waals surface area contributed by atoms with Gasteiger partial charge in [0.15, 0.2) is 0 Å². The van der Waals surface area contributed by atoms with Crippen LogP contribution in [0.2, 0.25) is 5.02 Å². The van der Waals surface area contributed by atoms with Gasteiger partial charge >= 0.3 is 0 Å². The Morgan fingerprint density at radius 1 is 1.50 bits per heavy atom. The van der Waals surface area contributed by atoms with Gasteiger partial charge in [-0.15, -0.1) is 0 Å². The lowest BCUT2D eigenvalue weighted by Crippen LogP contribution is -2.07. The summed E-state index contributed by atoms with van der Waals surface area (Å²) >= 11 is 9.44. The molecule has 20 heavy (non-hydrogen) atoms. The van der Waals surface area contributed by atoms with Crippen LogP contribution in [0.4, 0.5) is 0 Å². The zero-order valence-electron chi connectivity index (χ0n) is 11.2. The van der Waals surface area contributed by atoms with Crippen molar-refractivity contribution in [1.29, 1.82) is 5.26 Å². The minimum atomic E-state index is 0.324. The Morgan fingerprint density at radius 2 is 2.25 bits per heavy atom. The first-order chi connectivity index (χ1) is 9.56. The Hall–Kier alpha value is -1.51. The minimum Gasteiger partial charge on any atom is -0.486 e. The number of nitrogens with zero attached hydrogens (tertiary/aromatic N) is 3. The molecule has 0 aliphatic rings. The summed E-state index contributed by atoms with van der Waals surface area (Å²) in [5.41, 5.74) is 2.32. The van der Waals surface area contributed by atoms with Crippen molar-refractivity contribution in [3.8, 4) is 11.8 Å². The van der Waals surface area contributed by atoms with Crippen LogP contribution in [0.25, 0.3) is 0 Å². The topological polar surface area (TPSA) is 50.8 Å². The van der Waals surface area contributed by atoms with Crippen molar-refractivity contribution in [3.63, 3.8) is 0 Å². The molecule has 0 aliphatic carbocycles. The van der Waals surface area contributed by atoms with Crippen molar-refractivity contribution in [2.75, 3.05) is 0 Å². The molecule has 0 spiro atoms. The second-order valence-corrected chi connectivity index (χ2v) is 5.43. The van der Waals surface area contributed by atoms with Crippen LogP contribution < -0.4 is 4.74 Å². The van der Waals surface area contributed by atoms with E-state index in [0.29, 0.717) is 22.9 Å². The third-order valence-electron chi connectivity index (χ3n) is 2.88. The molecule has 1 aromatic carbocycles. The number of hydrogen-bond acceptors (Lipinski definition) is 3. The van der Waals surface area contributed by atoms with Crippen LogP contribution in [0.3, 0.4) is 0 Å². The summed E-state index contributed by atoms with van der Waals surface area (Å²) in [6.07, 6.45) is 0. The summed E-state index contributed by atoms with van der Waals surface area (Å²) < 4.78 is 8.54. The molecule has 0 amide bonds. The van der Waals surface area contributed by atoms with Gasteiger partial charge < -0.3 is 4.74 Å². The van der Waals surface area contributed by atoms with Gasteiger partial charge in [0.2, 0.25) is 0 Å². The van der Waals surface area contributed by atoms with Crippen molar-refractivity contribution in [3.05, 3.63) is 44.6 Å². The molecule has 0 bridgehead atoms. The van der Waals surface area contributed by atoms with Gasteiger partial charge in [0, 0.05) is 17.6 Å². The van der Waals surface area contributed by atoms with E-state index < -0.39 is 0 Å². The number of aryl methyl sites for hydroxylation is 2. The molecule has 0 radical (unpaired) electrons. The third-order valence-corrected chi connectivity index (χ3v) is 4.15. The largest absolute Gasteiger partial charge is 0.486 e. The molecular weight excluding hydrogens is 342 g/mol. The van der Waals surface area contributed by atoms with Crippen LogP contribution in [0.15, 0.2) is 22.7 Å². The molecular formula is C14H13BrClN3O. The lowest BCUT2D eigenvalue weighted by molar-refractivity contribution is 0.291.